The topological polar surface area (TPSA) is 243 Å². The number of esters is 2. The van der Waals surface area contributed by atoms with E-state index in [0.29, 0.717) is 12.8 Å². The Morgan fingerprint density at radius 1 is 0.855 bits per heavy atom. The van der Waals surface area contributed by atoms with E-state index in [4.69, 9.17) is 37.9 Å². The van der Waals surface area contributed by atoms with Crippen LogP contribution in [0.1, 0.15) is 128 Å². The number of phenolic OH excluding ortho intramolecular Hbond substituents is 3. The van der Waals surface area contributed by atoms with Gasteiger partial charge in [0.2, 0.25) is 5.78 Å². The number of carbonyl (C=O) groups is 5. The van der Waals surface area contributed by atoms with Crippen LogP contribution in [0.25, 0.3) is 0 Å². The molecule has 338 valence electrons. The monoisotopic (exact) mass is 869 g/mol. The van der Waals surface area contributed by atoms with Crippen LogP contribution < -0.4 is 0 Å². The van der Waals surface area contributed by atoms with E-state index in [2.05, 4.69) is 0 Å². The lowest BCUT2D eigenvalue weighted by Gasteiger charge is -2.48. The molecule has 18 nitrogen and oxygen atoms in total. The molecular formula is C44H55NO17. The molecule has 2 aliphatic carbocycles. The first-order valence-electron chi connectivity index (χ1n) is 20.9. The van der Waals surface area contributed by atoms with E-state index in [-0.39, 0.29) is 59.8 Å². The Hall–Kier alpha value is -4.53. The van der Waals surface area contributed by atoms with Crippen molar-refractivity contribution in [1.82, 2.24) is 4.90 Å². The van der Waals surface area contributed by atoms with Crippen LogP contribution in [0, 0.1) is 0 Å². The van der Waals surface area contributed by atoms with Crippen molar-refractivity contribution in [2.24, 2.45) is 0 Å². The molecule has 0 bridgehead atoms. The molecule has 13 atom stereocenters. The normalized spacial score (nSPS) is 34.6. The fraction of sp³-hybridized carbons (Fsp3) is 0.614. The number of rotatable bonds is 10. The van der Waals surface area contributed by atoms with E-state index in [1.165, 1.54) is 13.0 Å². The number of aliphatic hydroxyl groups is 1. The molecule has 3 fully saturated rings. The van der Waals surface area contributed by atoms with Crippen LogP contribution in [0.15, 0.2) is 18.2 Å². The third kappa shape index (κ3) is 8.34. The number of phenols is 3. The first kappa shape index (κ1) is 45.5. The number of likely N-dealkylation sites (N-methyl/N-ethyl adjacent to an activating group) is 1. The number of benzene rings is 2. The number of ketones is 3. The van der Waals surface area contributed by atoms with Gasteiger partial charge in [-0.05, 0) is 59.0 Å². The zero-order chi connectivity index (χ0) is 45.1. The lowest BCUT2D eigenvalue weighted by molar-refractivity contribution is -0.325. The fourth-order valence-electron chi connectivity index (χ4n) is 9.64. The lowest BCUT2D eigenvalue weighted by atomic mass is 9.67. The van der Waals surface area contributed by atoms with E-state index in [1.54, 1.807) is 27.7 Å². The third-order valence-corrected chi connectivity index (χ3v) is 12.8. The van der Waals surface area contributed by atoms with Crippen LogP contribution in [0.3, 0.4) is 0 Å². The van der Waals surface area contributed by atoms with Crippen molar-refractivity contribution in [3.63, 3.8) is 0 Å². The Morgan fingerprint density at radius 2 is 1.50 bits per heavy atom. The van der Waals surface area contributed by atoms with Crippen LogP contribution in [-0.4, -0.2) is 143 Å². The number of Topliss-reactive ketones (excluding diaryl/α,β-unsaturated/α-hetero) is 1. The van der Waals surface area contributed by atoms with Crippen molar-refractivity contribution in [3.8, 4) is 17.2 Å². The fourth-order valence-corrected chi connectivity index (χ4v) is 9.64. The largest absolute Gasteiger partial charge is 0.508 e. The van der Waals surface area contributed by atoms with Crippen molar-refractivity contribution < 1.29 is 82.3 Å². The van der Waals surface area contributed by atoms with E-state index in [1.807, 2.05) is 19.0 Å². The highest BCUT2D eigenvalue weighted by atomic mass is 16.7. The molecule has 13 unspecified atom stereocenters. The quantitative estimate of drug-likeness (QED) is 0.213. The summed E-state index contributed by atoms with van der Waals surface area (Å²) in [5.41, 5.74) is -3.29. The van der Waals surface area contributed by atoms with Gasteiger partial charge in [0.15, 0.2) is 30.4 Å². The third-order valence-electron chi connectivity index (χ3n) is 12.8. The summed E-state index contributed by atoms with van der Waals surface area (Å²) in [6, 6.07) is 2.82. The second-order valence-electron chi connectivity index (χ2n) is 17.0. The molecule has 0 radical (unpaired) electrons. The van der Waals surface area contributed by atoms with Gasteiger partial charge in [0.25, 0.3) is 0 Å². The molecule has 0 saturated carbocycles. The van der Waals surface area contributed by atoms with Crippen molar-refractivity contribution in [3.05, 3.63) is 51.6 Å². The number of hydrogen-bond donors (Lipinski definition) is 4. The number of carbonyl (C=O) groups excluding carboxylic acids is 5. The Labute approximate surface area is 358 Å². The van der Waals surface area contributed by atoms with E-state index >= 15 is 0 Å². The Bertz CT molecular complexity index is 2120. The van der Waals surface area contributed by atoms with Crippen LogP contribution in [0.4, 0.5) is 0 Å². The maximum absolute atomic E-state index is 14.0. The van der Waals surface area contributed by atoms with E-state index in [0.717, 1.165) is 19.2 Å². The average Bonchev–Trinajstić information content (AvgIpc) is 3.19. The van der Waals surface area contributed by atoms with Crippen LogP contribution in [0.5, 0.6) is 17.2 Å². The first-order chi connectivity index (χ1) is 29.3. The van der Waals surface area contributed by atoms with Crippen molar-refractivity contribution in [1.29, 1.82) is 0 Å². The predicted molar refractivity (Wildman–Crippen MR) is 212 cm³/mol. The Morgan fingerprint density at radius 3 is 2.13 bits per heavy atom. The highest BCUT2D eigenvalue weighted by Crippen LogP contribution is 2.54. The minimum absolute atomic E-state index is 0.00290. The first-order valence-corrected chi connectivity index (χ1v) is 20.9. The number of aromatic hydroxyl groups is 3. The molecule has 0 spiro atoms. The zero-order valence-electron chi connectivity index (χ0n) is 35.9. The summed E-state index contributed by atoms with van der Waals surface area (Å²) in [6.07, 6.45) is -7.07. The van der Waals surface area contributed by atoms with Crippen LogP contribution in [-0.2, 0) is 52.3 Å². The van der Waals surface area contributed by atoms with Gasteiger partial charge in [0, 0.05) is 67.8 Å². The summed E-state index contributed by atoms with van der Waals surface area (Å²) in [5, 5.41) is 45.0. The molecule has 4 N–H and O–H groups in total. The molecule has 3 heterocycles. The maximum atomic E-state index is 14.0. The molecule has 5 aliphatic rings. The van der Waals surface area contributed by atoms with Gasteiger partial charge >= 0.3 is 11.9 Å². The smallest absolute Gasteiger partial charge is 0.316 e. The van der Waals surface area contributed by atoms with E-state index in [9.17, 15) is 44.4 Å². The van der Waals surface area contributed by atoms with Gasteiger partial charge in [0.05, 0.1) is 42.1 Å². The summed E-state index contributed by atoms with van der Waals surface area (Å²) >= 11 is 0. The molecule has 0 aromatic heterocycles. The van der Waals surface area contributed by atoms with Crippen LogP contribution >= 0.6 is 0 Å². The summed E-state index contributed by atoms with van der Waals surface area (Å²) in [7, 11) is 4.84. The number of nitrogens with zero attached hydrogens (tertiary/aromatic N) is 1. The Kier molecular flexibility index (Phi) is 12.9. The minimum atomic E-state index is -1.82. The van der Waals surface area contributed by atoms with E-state index < -0.39 is 125 Å². The SMILES string of the molecule is CCC1(O)CC(OC2CC(N(C)C)C(OC3CC(OC(C)=O)C(OC4CCC(=O)C(C)O4)C(C)O3)C(C)O2)c2c(cc3c(c2O)C(=O)c2c(O)cc(O)cc2C3=O)C1C(=O)OC. The summed E-state index contributed by atoms with van der Waals surface area (Å²) < 4.78 is 48.8. The van der Waals surface area contributed by atoms with Crippen molar-refractivity contribution >= 4 is 29.3 Å². The maximum Gasteiger partial charge on any atom is 0.316 e. The van der Waals surface area contributed by atoms with Crippen molar-refractivity contribution in [2.45, 2.75) is 152 Å². The highest BCUT2D eigenvalue weighted by molar-refractivity contribution is 6.30. The molecule has 2 aromatic carbocycles. The lowest BCUT2D eigenvalue weighted by Crippen LogP contribution is -2.58. The average molecular weight is 870 g/mol. The molecule has 3 saturated heterocycles. The van der Waals surface area contributed by atoms with Gasteiger partial charge in [-0.25, -0.2) is 0 Å². The zero-order valence-corrected chi connectivity index (χ0v) is 35.9. The second kappa shape index (κ2) is 17.6. The number of hydrogen-bond acceptors (Lipinski definition) is 18. The van der Waals surface area contributed by atoms with Crippen LogP contribution in [0.2, 0.25) is 0 Å². The second-order valence-corrected chi connectivity index (χ2v) is 17.0. The molecule has 3 aliphatic heterocycles. The highest BCUT2D eigenvalue weighted by Gasteiger charge is 2.54. The van der Waals surface area contributed by atoms with Gasteiger partial charge < -0.3 is 63.2 Å². The molecular weight excluding hydrogens is 814 g/mol. The number of ether oxygens (including phenoxy) is 8. The summed E-state index contributed by atoms with van der Waals surface area (Å²) in [5.74, 6) is -6.31. The molecule has 0 amide bonds. The van der Waals surface area contributed by atoms with Gasteiger partial charge in [-0.3, -0.25) is 24.0 Å². The van der Waals surface area contributed by atoms with Gasteiger partial charge in [-0.1, -0.05) is 6.92 Å². The van der Waals surface area contributed by atoms with Gasteiger partial charge in [-0.2, -0.15) is 0 Å². The van der Waals surface area contributed by atoms with Gasteiger partial charge in [0.1, 0.15) is 47.6 Å². The standard InChI is InChI=1S/C44H55NO17/c1-9-44(54)17-30(35-23(37(44)43(53)55-8)14-25-36(40(35)52)39(51)34-24(38(25)50)12-22(47)13-28(34)49)60-32-15-26(45(6)7)41(19(3)57-32)62-33-16-29(59-21(5)46)42(20(4)58-33)61-31-11-10-27(48)18(2)56-31/h12-14,18-20,26,29-33,37,41-42,47,49,52,54H,9-11,15-17H2,1-8H3. The molecule has 7 rings (SSSR count). The summed E-state index contributed by atoms with van der Waals surface area (Å²) in [6.45, 7) is 8.18. The molecule has 2 aromatic rings. The number of fused-ring (bicyclic) bond motifs is 3. The molecule has 62 heavy (non-hydrogen) atoms. The number of methoxy groups -OCH3 is 1. The van der Waals surface area contributed by atoms with Crippen molar-refractivity contribution in [2.75, 3.05) is 21.2 Å². The van der Waals surface area contributed by atoms with Gasteiger partial charge in [-0.15, -0.1) is 0 Å². The molecule has 18 heteroatoms. The minimum Gasteiger partial charge on any atom is -0.508 e. The Balaban J connectivity index is 1.15. The predicted octanol–water partition coefficient (Wildman–Crippen LogP) is 3.43. The summed E-state index contributed by atoms with van der Waals surface area (Å²) in [4.78, 5) is 67.6.